The maximum atomic E-state index is 13.5. The van der Waals surface area contributed by atoms with Crippen LogP contribution < -0.4 is 5.32 Å². The van der Waals surface area contributed by atoms with E-state index in [0.29, 0.717) is 23.9 Å². The quantitative estimate of drug-likeness (QED) is 0.0205. The Bertz CT molecular complexity index is 1180. The number of amides is 1. The molecule has 0 saturated carbocycles. The highest BCUT2D eigenvalue weighted by Crippen LogP contribution is 2.43. The van der Waals surface area contributed by atoms with E-state index in [-0.39, 0.29) is 25.1 Å². The second-order valence-corrected chi connectivity index (χ2v) is 23.0. The number of unbranched alkanes of at least 4 members (excludes halogenated alkanes) is 38. The Morgan fingerprint density at radius 2 is 0.838 bits per heavy atom. The Balaban J connectivity index is 5.21. The summed E-state index contributed by atoms with van der Waals surface area (Å²) >= 11 is 0. The lowest BCUT2D eigenvalue weighted by atomic mass is 10.0. The Hall–Kier alpha value is -1.25. The number of rotatable bonds is 54. The molecule has 0 radical (unpaired) electrons. The maximum Gasteiger partial charge on any atom is 0.472 e. The van der Waals surface area contributed by atoms with Crippen LogP contribution in [0.2, 0.25) is 0 Å². The molecule has 10 heteroatoms. The summed E-state index contributed by atoms with van der Waals surface area (Å²) in [5.41, 5.74) is 0. The van der Waals surface area contributed by atoms with Crippen molar-refractivity contribution in [2.24, 2.45) is 0 Å². The van der Waals surface area contributed by atoms with Gasteiger partial charge in [-0.1, -0.05) is 264 Å². The third-order valence-electron chi connectivity index (χ3n) is 13.5. The molecule has 0 aliphatic rings. The first kappa shape index (κ1) is 66.8. The van der Waals surface area contributed by atoms with Crippen molar-refractivity contribution in [1.29, 1.82) is 0 Å². The van der Waals surface area contributed by atoms with E-state index in [9.17, 15) is 19.0 Å². The third-order valence-corrected chi connectivity index (χ3v) is 14.5. The zero-order valence-electron chi connectivity index (χ0n) is 46.1. The SMILES string of the molecule is CCCCCCCCCCCC/C=C\C(OC(=O)CCCCCCCCCCCCCCCCCCCCC)C(COP(=O)(O)OCC[N+](C)(C)C)NC(=O)CCCCCCCCCCCCC. The summed E-state index contributed by atoms with van der Waals surface area (Å²) in [5, 5.41) is 3.05. The van der Waals surface area contributed by atoms with Crippen molar-refractivity contribution in [2.75, 3.05) is 40.9 Å². The molecule has 0 aromatic carbocycles. The van der Waals surface area contributed by atoms with Gasteiger partial charge < -0.3 is 19.4 Å². The minimum absolute atomic E-state index is 0.0454. The number of hydrogen-bond acceptors (Lipinski definition) is 6. The molecule has 0 aromatic rings. The average Bonchev–Trinajstić information content (AvgIpc) is 3.29. The van der Waals surface area contributed by atoms with E-state index in [1.54, 1.807) is 0 Å². The number of hydrogen-bond donors (Lipinski definition) is 2. The van der Waals surface area contributed by atoms with E-state index in [1.165, 1.54) is 205 Å². The van der Waals surface area contributed by atoms with Crippen molar-refractivity contribution in [3.8, 4) is 0 Å². The van der Waals surface area contributed by atoms with Crippen LogP contribution in [0.4, 0.5) is 0 Å². The molecule has 0 spiro atoms. The van der Waals surface area contributed by atoms with Gasteiger partial charge in [0.1, 0.15) is 19.3 Å². The number of likely N-dealkylation sites (N-methyl/N-ethyl adjacent to an activating group) is 1. The van der Waals surface area contributed by atoms with E-state index in [4.69, 9.17) is 13.8 Å². The van der Waals surface area contributed by atoms with Gasteiger partial charge in [0.2, 0.25) is 5.91 Å². The van der Waals surface area contributed by atoms with Gasteiger partial charge in [-0.2, -0.15) is 0 Å². The first-order chi connectivity index (χ1) is 32.9. The topological polar surface area (TPSA) is 111 Å². The van der Waals surface area contributed by atoms with Crippen LogP contribution in [0.25, 0.3) is 0 Å². The number of ether oxygens (including phenoxy) is 1. The number of nitrogens with zero attached hydrogens (tertiary/aromatic N) is 1. The summed E-state index contributed by atoms with van der Waals surface area (Å²) in [6.07, 6.45) is 54.9. The molecule has 0 fully saturated rings. The van der Waals surface area contributed by atoms with Gasteiger partial charge in [-0.25, -0.2) is 4.57 Å². The molecular weight excluding hydrogens is 868 g/mol. The molecule has 0 bridgehead atoms. The van der Waals surface area contributed by atoms with E-state index in [1.807, 2.05) is 33.3 Å². The van der Waals surface area contributed by atoms with Crippen molar-refractivity contribution in [1.82, 2.24) is 5.32 Å². The fourth-order valence-electron chi connectivity index (χ4n) is 8.88. The lowest BCUT2D eigenvalue weighted by Gasteiger charge is -2.27. The monoisotopic (exact) mass is 984 g/mol. The van der Waals surface area contributed by atoms with Crippen LogP contribution in [0, 0.1) is 0 Å². The van der Waals surface area contributed by atoms with E-state index < -0.39 is 20.0 Å². The Kier molecular flexibility index (Phi) is 48.4. The standard InChI is InChI=1S/C58H115N2O7P/c1-7-10-13-16-19-22-25-27-28-29-30-31-32-33-36-39-42-45-48-51-58(62)67-56(49-46-43-40-37-35-26-23-20-17-14-11-8-2)55(54-66-68(63,64)65-53-52-60(4,5)6)59-57(61)50-47-44-41-38-34-24-21-18-15-12-9-3/h46,49,55-56H,7-45,47-48,50-54H2,1-6H3,(H-,59,61,63,64)/p+1/b49-46-. The van der Waals surface area contributed by atoms with Gasteiger partial charge in [-0.3, -0.25) is 18.6 Å². The van der Waals surface area contributed by atoms with Crippen molar-refractivity contribution in [3.63, 3.8) is 0 Å². The van der Waals surface area contributed by atoms with Crippen molar-refractivity contribution in [3.05, 3.63) is 12.2 Å². The van der Waals surface area contributed by atoms with Gasteiger partial charge in [-0.15, -0.1) is 0 Å². The average molecular weight is 985 g/mol. The maximum absolute atomic E-state index is 13.5. The van der Waals surface area contributed by atoms with Crippen molar-refractivity contribution in [2.45, 2.75) is 309 Å². The van der Waals surface area contributed by atoms with Crippen molar-refractivity contribution >= 4 is 19.7 Å². The number of esters is 1. The molecule has 0 saturated heterocycles. The first-order valence-corrected chi connectivity index (χ1v) is 31.0. The fourth-order valence-corrected chi connectivity index (χ4v) is 9.62. The minimum atomic E-state index is -4.43. The lowest BCUT2D eigenvalue weighted by Crippen LogP contribution is -2.47. The highest BCUT2D eigenvalue weighted by molar-refractivity contribution is 7.47. The molecule has 68 heavy (non-hydrogen) atoms. The van der Waals surface area contributed by atoms with Gasteiger partial charge in [0.05, 0.1) is 33.8 Å². The van der Waals surface area contributed by atoms with Crippen LogP contribution in [-0.4, -0.2) is 74.3 Å². The van der Waals surface area contributed by atoms with Crippen molar-refractivity contribution < 1.29 is 37.3 Å². The highest BCUT2D eigenvalue weighted by atomic mass is 31.2. The summed E-state index contributed by atoms with van der Waals surface area (Å²) in [6, 6.07) is -0.837. The molecule has 0 aliphatic carbocycles. The van der Waals surface area contributed by atoms with Gasteiger partial charge in [0.25, 0.3) is 0 Å². The van der Waals surface area contributed by atoms with Crippen LogP contribution in [0.15, 0.2) is 12.2 Å². The Morgan fingerprint density at radius 3 is 1.21 bits per heavy atom. The second kappa shape index (κ2) is 49.3. The molecule has 1 amide bonds. The van der Waals surface area contributed by atoms with Gasteiger partial charge in [0, 0.05) is 12.8 Å². The fraction of sp³-hybridized carbons (Fsp3) is 0.931. The molecule has 0 heterocycles. The molecule has 0 rings (SSSR count). The molecular formula is C58H116N2O7P+. The number of carbonyl (C=O) groups is 2. The van der Waals surface area contributed by atoms with Gasteiger partial charge in [0.15, 0.2) is 0 Å². The normalized spacial score (nSPS) is 13.8. The second-order valence-electron chi connectivity index (χ2n) is 21.5. The first-order valence-electron chi connectivity index (χ1n) is 29.5. The van der Waals surface area contributed by atoms with Gasteiger partial charge in [-0.05, 0) is 31.8 Å². The summed E-state index contributed by atoms with van der Waals surface area (Å²) in [5.74, 6) is -0.488. The molecule has 404 valence electrons. The third kappa shape index (κ3) is 49.7. The van der Waals surface area contributed by atoms with E-state index in [2.05, 4.69) is 26.1 Å². The number of allylic oxidation sites excluding steroid dienone is 1. The van der Waals surface area contributed by atoms with E-state index in [0.717, 1.165) is 57.8 Å². The molecule has 3 atom stereocenters. The molecule has 3 unspecified atom stereocenters. The Labute approximate surface area is 422 Å². The smallest absolute Gasteiger partial charge is 0.456 e. The number of quaternary nitrogens is 1. The predicted octanol–water partition coefficient (Wildman–Crippen LogP) is 17.6. The van der Waals surface area contributed by atoms with Crippen LogP contribution in [-0.2, 0) is 27.9 Å². The van der Waals surface area contributed by atoms with Crippen LogP contribution in [0.1, 0.15) is 297 Å². The van der Waals surface area contributed by atoms with Crippen LogP contribution >= 0.6 is 7.82 Å². The zero-order valence-corrected chi connectivity index (χ0v) is 47.0. The molecule has 9 nitrogen and oxygen atoms in total. The number of phosphoric ester groups is 1. The molecule has 0 aromatic heterocycles. The molecule has 0 aliphatic heterocycles. The van der Waals surface area contributed by atoms with Crippen LogP contribution in [0.3, 0.4) is 0 Å². The largest absolute Gasteiger partial charge is 0.472 e. The highest BCUT2D eigenvalue weighted by Gasteiger charge is 2.30. The number of nitrogens with one attached hydrogen (secondary N) is 1. The van der Waals surface area contributed by atoms with Gasteiger partial charge >= 0.3 is 13.8 Å². The summed E-state index contributed by atoms with van der Waals surface area (Å²) in [7, 11) is 1.51. The lowest BCUT2D eigenvalue weighted by molar-refractivity contribution is -0.870. The summed E-state index contributed by atoms with van der Waals surface area (Å²) < 4.78 is 30.6. The summed E-state index contributed by atoms with van der Waals surface area (Å²) in [6.45, 7) is 7.04. The number of carbonyl (C=O) groups excluding carboxylic acids is 2. The minimum Gasteiger partial charge on any atom is -0.456 e. The zero-order chi connectivity index (χ0) is 50.1. The van der Waals surface area contributed by atoms with E-state index >= 15 is 0 Å². The molecule has 2 N–H and O–H groups in total. The summed E-state index contributed by atoms with van der Waals surface area (Å²) in [4.78, 5) is 37.5. The van der Waals surface area contributed by atoms with Crippen LogP contribution in [0.5, 0.6) is 0 Å². The Morgan fingerprint density at radius 1 is 0.500 bits per heavy atom. The predicted molar refractivity (Wildman–Crippen MR) is 291 cm³/mol. The number of phosphoric acid groups is 1.